The van der Waals surface area contributed by atoms with E-state index in [4.69, 9.17) is 4.74 Å². The molecule has 7 nitrogen and oxygen atoms in total. The van der Waals surface area contributed by atoms with Crippen molar-refractivity contribution in [2.24, 2.45) is 0 Å². The molecule has 0 unspecified atom stereocenters. The minimum Gasteiger partial charge on any atom is -0.444 e. The number of nitrogens with one attached hydrogen (secondary N) is 2. The van der Waals surface area contributed by atoms with E-state index < -0.39 is 29.3 Å². The van der Waals surface area contributed by atoms with Crippen LogP contribution in [0.3, 0.4) is 0 Å². The molecule has 4 rings (SSSR count). The van der Waals surface area contributed by atoms with Crippen LogP contribution in [-0.4, -0.2) is 48.1 Å². The summed E-state index contributed by atoms with van der Waals surface area (Å²) in [7, 11) is 0. The van der Waals surface area contributed by atoms with Gasteiger partial charge in [0.25, 0.3) is 5.91 Å². The molecule has 2 amide bonds. The van der Waals surface area contributed by atoms with Crippen molar-refractivity contribution in [2.45, 2.75) is 12.8 Å². The number of carbonyl (C=O) groups excluding carboxylic acids is 2. The summed E-state index contributed by atoms with van der Waals surface area (Å²) in [5.74, 6) is -0.667. The Morgan fingerprint density at radius 1 is 1.00 bits per heavy atom. The van der Waals surface area contributed by atoms with Crippen LogP contribution in [0.15, 0.2) is 66.9 Å². The summed E-state index contributed by atoms with van der Waals surface area (Å²) >= 11 is 0. The van der Waals surface area contributed by atoms with Crippen LogP contribution < -0.4 is 10.6 Å². The van der Waals surface area contributed by atoms with Gasteiger partial charge < -0.3 is 15.0 Å². The number of benzene rings is 2. The maximum Gasteiger partial charge on any atom is 0.417 e. The minimum absolute atomic E-state index is 0.0236. The fraction of sp³-hybridized carbons (Fsp3) is 0.240. The van der Waals surface area contributed by atoms with Gasteiger partial charge in [-0.3, -0.25) is 15.1 Å². The highest BCUT2D eigenvalue weighted by Gasteiger charge is 2.39. The number of carbonyl (C=O) groups is 2. The Balaban J connectivity index is 1.53. The van der Waals surface area contributed by atoms with Crippen LogP contribution in [0.5, 0.6) is 0 Å². The zero-order valence-electron chi connectivity index (χ0n) is 18.6. The van der Waals surface area contributed by atoms with Crippen molar-refractivity contribution in [3.05, 3.63) is 83.6 Å². The molecule has 182 valence electrons. The number of aromatic nitrogens is 1. The standard InChI is InChI=1S/C25H23F3N4O3/c26-25(27,28)22-19(7-4-8-20(22)23(33)32-13-11-29-12-14-32)21-10-9-18(15-30-21)31-24(34)35-16-17-5-2-1-3-6-17/h1-10,15,29H,11-14,16H2,(H,31,34). The van der Waals surface area contributed by atoms with E-state index in [9.17, 15) is 22.8 Å². The van der Waals surface area contributed by atoms with Crippen molar-refractivity contribution in [3.63, 3.8) is 0 Å². The number of halogens is 3. The first kappa shape index (κ1) is 24.2. The SMILES string of the molecule is O=C(Nc1ccc(-c2cccc(C(=O)N3CCNCC3)c2C(F)(F)F)nc1)OCc1ccccc1. The summed E-state index contributed by atoms with van der Waals surface area (Å²) in [6.07, 6.45) is -4.25. The predicted octanol–water partition coefficient (Wildman–Crippen LogP) is 4.56. The second-order valence-electron chi connectivity index (χ2n) is 7.89. The molecule has 1 saturated heterocycles. The van der Waals surface area contributed by atoms with Crippen LogP contribution in [0.1, 0.15) is 21.5 Å². The van der Waals surface area contributed by atoms with Gasteiger partial charge in [0.05, 0.1) is 28.7 Å². The van der Waals surface area contributed by atoms with Gasteiger partial charge in [0.1, 0.15) is 6.61 Å². The fourth-order valence-corrected chi connectivity index (χ4v) is 3.79. The van der Waals surface area contributed by atoms with Crippen molar-refractivity contribution in [3.8, 4) is 11.3 Å². The van der Waals surface area contributed by atoms with E-state index in [2.05, 4.69) is 15.6 Å². The number of ether oxygens (including phenoxy) is 1. The number of amides is 2. The molecule has 3 aromatic rings. The highest BCUT2D eigenvalue weighted by Crippen LogP contribution is 2.39. The molecule has 1 aromatic heterocycles. The second-order valence-corrected chi connectivity index (χ2v) is 7.89. The van der Waals surface area contributed by atoms with E-state index in [-0.39, 0.29) is 23.6 Å². The lowest BCUT2D eigenvalue weighted by molar-refractivity contribution is -0.137. The van der Waals surface area contributed by atoms with Crippen LogP contribution >= 0.6 is 0 Å². The normalized spacial score (nSPS) is 13.9. The van der Waals surface area contributed by atoms with Crippen molar-refractivity contribution in [1.29, 1.82) is 0 Å². The van der Waals surface area contributed by atoms with Crippen molar-refractivity contribution < 1.29 is 27.5 Å². The van der Waals surface area contributed by atoms with E-state index >= 15 is 0 Å². The topological polar surface area (TPSA) is 83.6 Å². The molecule has 0 atom stereocenters. The van der Waals surface area contributed by atoms with Gasteiger partial charge in [0.2, 0.25) is 0 Å². The maximum atomic E-state index is 14.1. The molecule has 0 spiro atoms. The van der Waals surface area contributed by atoms with Gasteiger partial charge in [-0.1, -0.05) is 42.5 Å². The van der Waals surface area contributed by atoms with Crippen molar-refractivity contribution >= 4 is 17.7 Å². The number of alkyl halides is 3. The molecule has 2 aromatic carbocycles. The molecule has 0 radical (unpaired) electrons. The molecular formula is C25H23F3N4O3. The maximum absolute atomic E-state index is 14.1. The summed E-state index contributed by atoms with van der Waals surface area (Å²) in [6.45, 7) is 1.78. The van der Waals surface area contributed by atoms with E-state index in [0.29, 0.717) is 26.2 Å². The Hall–Kier alpha value is -3.92. The first-order valence-electron chi connectivity index (χ1n) is 11.0. The number of rotatable bonds is 5. The van der Waals surface area contributed by atoms with Crippen LogP contribution in [0, 0.1) is 0 Å². The number of piperazine rings is 1. The summed E-state index contributed by atoms with van der Waals surface area (Å²) in [6, 6.07) is 15.8. The molecule has 0 bridgehead atoms. The predicted molar refractivity (Wildman–Crippen MR) is 124 cm³/mol. The zero-order valence-corrected chi connectivity index (χ0v) is 18.6. The quantitative estimate of drug-likeness (QED) is 0.555. The molecule has 0 saturated carbocycles. The number of pyridine rings is 1. The Morgan fingerprint density at radius 3 is 2.40 bits per heavy atom. The summed E-state index contributed by atoms with van der Waals surface area (Å²) in [5.41, 5.74) is -0.559. The van der Waals surface area contributed by atoms with Crippen LogP contribution in [0.4, 0.5) is 23.7 Å². The Kier molecular flexibility index (Phi) is 7.31. The lowest BCUT2D eigenvalue weighted by Gasteiger charge is -2.29. The third-order valence-corrected chi connectivity index (χ3v) is 5.48. The van der Waals surface area contributed by atoms with E-state index in [1.165, 1.54) is 41.4 Å². The highest BCUT2D eigenvalue weighted by molar-refractivity contribution is 5.98. The summed E-state index contributed by atoms with van der Waals surface area (Å²) < 4.78 is 47.5. The van der Waals surface area contributed by atoms with Crippen LogP contribution in [-0.2, 0) is 17.5 Å². The van der Waals surface area contributed by atoms with E-state index in [0.717, 1.165) is 5.56 Å². The molecular weight excluding hydrogens is 461 g/mol. The van der Waals surface area contributed by atoms with Gasteiger partial charge >= 0.3 is 12.3 Å². The fourth-order valence-electron chi connectivity index (χ4n) is 3.79. The molecule has 2 N–H and O–H groups in total. The van der Waals surface area contributed by atoms with E-state index in [1.807, 2.05) is 30.3 Å². The Bertz CT molecular complexity index is 1180. The molecule has 1 fully saturated rings. The summed E-state index contributed by atoms with van der Waals surface area (Å²) in [5, 5.41) is 5.57. The molecule has 2 heterocycles. The lowest BCUT2D eigenvalue weighted by Crippen LogP contribution is -2.46. The smallest absolute Gasteiger partial charge is 0.417 e. The molecule has 35 heavy (non-hydrogen) atoms. The average Bonchev–Trinajstić information content (AvgIpc) is 2.87. The Labute approximate surface area is 199 Å². The lowest BCUT2D eigenvalue weighted by atomic mass is 9.96. The molecule has 1 aliphatic rings. The minimum atomic E-state index is -4.77. The van der Waals surface area contributed by atoms with Gasteiger partial charge in [-0.2, -0.15) is 13.2 Å². The van der Waals surface area contributed by atoms with Gasteiger partial charge in [-0.05, 0) is 23.8 Å². The largest absolute Gasteiger partial charge is 0.444 e. The second kappa shape index (κ2) is 10.6. The first-order valence-corrected chi connectivity index (χ1v) is 11.0. The van der Waals surface area contributed by atoms with Gasteiger partial charge in [-0.25, -0.2) is 4.79 Å². The molecule has 1 aliphatic heterocycles. The van der Waals surface area contributed by atoms with Gasteiger partial charge in [0.15, 0.2) is 0 Å². The highest BCUT2D eigenvalue weighted by atomic mass is 19.4. The average molecular weight is 484 g/mol. The molecule has 10 heteroatoms. The van der Waals surface area contributed by atoms with Gasteiger partial charge in [0, 0.05) is 31.7 Å². The zero-order chi connectivity index (χ0) is 24.8. The third-order valence-electron chi connectivity index (χ3n) is 5.48. The number of hydrogen-bond donors (Lipinski definition) is 2. The monoisotopic (exact) mass is 484 g/mol. The summed E-state index contributed by atoms with van der Waals surface area (Å²) in [4.78, 5) is 30.5. The van der Waals surface area contributed by atoms with E-state index in [1.54, 1.807) is 0 Å². The third kappa shape index (κ3) is 5.96. The number of hydrogen-bond acceptors (Lipinski definition) is 5. The molecule has 0 aliphatic carbocycles. The van der Waals surface area contributed by atoms with Crippen molar-refractivity contribution in [1.82, 2.24) is 15.2 Å². The first-order chi connectivity index (χ1) is 16.8. The van der Waals surface area contributed by atoms with Gasteiger partial charge in [-0.15, -0.1) is 0 Å². The number of nitrogens with zero attached hydrogens (tertiary/aromatic N) is 2. The number of anilines is 1. The van der Waals surface area contributed by atoms with Crippen LogP contribution in [0.2, 0.25) is 0 Å². The van der Waals surface area contributed by atoms with Crippen LogP contribution in [0.25, 0.3) is 11.3 Å². The van der Waals surface area contributed by atoms with Crippen molar-refractivity contribution in [2.75, 3.05) is 31.5 Å². The Morgan fingerprint density at radius 2 is 1.74 bits per heavy atom.